The first-order chi connectivity index (χ1) is 12.8. The number of carbonyl (C=O) groups excluding carboxylic acids is 2. The average molecular weight is 395 g/mol. The van der Waals surface area contributed by atoms with E-state index in [4.69, 9.17) is 0 Å². The number of piperazine rings is 1. The minimum atomic E-state index is -3.54. The third kappa shape index (κ3) is 4.15. The summed E-state index contributed by atoms with van der Waals surface area (Å²) in [7, 11) is -2.35. The Kier molecular flexibility index (Phi) is 5.83. The van der Waals surface area contributed by atoms with Crippen LogP contribution in [-0.2, 0) is 32.4 Å². The quantitative estimate of drug-likeness (QED) is 0.808. The summed E-state index contributed by atoms with van der Waals surface area (Å²) in [5, 5.41) is 2.14. The molecule has 0 unspecified atom stereocenters. The topological polar surface area (TPSA) is 96.0 Å². The van der Waals surface area contributed by atoms with Gasteiger partial charge in [0.1, 0.15) is 0 Å². The zero-order valence-electron chi connectivity index (χ0n) is 15.6. The van der Waals surface area contributed by atoms with Crippen molar-refractivity contribution in [3.63, 3.8) is 0 Å². The first kappa shape index (κ1) is 19.8. The van der Waals surface area contributed by atoms with E-state index in [1.165, 1.54) is 17.0 Å². The Balaban J connectivity index is 1.63. The summed E-state index contributed by atoms with van der Waals surface area (Å²) in [4.78, 5) is 25.4. The van der Waals surface area contributed by atoms with Gasteiger partial charge in [-0.15, -0.1) is 0 Å². The van der Waals surface area contributed by atoms with Gasteiger partial charge in [-0.3, -0.25) is 15.0 Å². The molecule has 3 rings (SSSR count). The highest BCUT2D eigenvalue weighted by Crippen LogP contribution is 2.26. The van der Waals surface area contributed by atoms with Crippen LogP contribution in [0.15, 0.2) is 23.1 Å². The zero-order valence-corrected chi connectivity index (χ0v) is 16.4. The van der Waals surface area contributed by atoms with E-state index >= 15 is 0 Å². The second kappa shape index (κ2) is 7.95. The molecule has 1 N–H and O–H groups in total. The molecule has 148 valence electrons. The fourth-order valence-electron chi connectivity index (χ4n) is 3.61. The van der Waals surface area contributed by atoms with Crippen molar-refractivity contribution in [1.29, 1.82) is 0 Å². The second-order valence-electron chi connectivity index (χ2n) is 6.88. The fourth-order valence-corrected chi connectivity index (χ4v) is 5.08. The number of sulfonamides is 1. The molecule has 8 nitrogen and oxygen atoms in total. The van der Waals surface area contributed by atoms with Crippen LogP contribution in [0.25, 0.3) is 0 Å². The monoisotopic (exact) mass is 395 g/mol. The second-order valence-corrected chi connectivity index (χ2v) is 8.82. The SMILES string of the molecule is COC(=O)NC(=O)[C@@H](C)N1CCN(S(=O)(=O)c2ccc3c(c2)CCC3)CC1. The van der Waals surface area contributed by atoms with Gasteiger partial charge in [0.15, 0.2) is 0 Å². The summed E-state index contributed by atoms with van der Waals surface area (Å²) in [6, 6.07) is 4.87. The molecule has 0 radical (unpaired) electrons. The molecule has 9 heteroatoms. The molecule has 27 heavy (non-hydrogen) atoms. The predicted molar refractivity (Wildman–Crippen MR) is 98.8 cm³/mol. The van der Waals surface area contributed by atoms with E-state index in [0.29, 0.717) is 31.1 Å². The number of hydrogen-bond acceptors (Lipinski definition) is 6. The fraction of sp³-hybridized carbons (Fsp3) is 0.556. The molecule has 1 aromatic rings. The third-order valence-electron chi connectivity index (χ3n) is 5.32. The summed E-state index contributed by atoms with van der Waals surface area (Å²) in [6.07, 6.45) is 2.21. The van der Waals surface area contributed by atoms with E-state index in [1.54, 1.807) is 19.1 Å². The maximum atomic E-state index is 12.9. The lowest BCUT2D eigenvalue weighted by molar-refractivity contribution is -0.125. The van der Waals surface area contributed by atoms with Crippen molar-refractivity contribution in [1.82, 2.24) is 14.5 Å². The number of ether oxygens (including phenoxy) is 1. The number of amides is 2. The Morgan fingerprint density at radius 1 is 1.11 bits per heavy atom. The third-order valence-corrected chi connectivity index (χ3v) is 7.21. The lowest BCUT2D eigenvalue weighted by Gasteiger charge is -2.36. The van der Waals surface area contributed by atoms with Crippen LogP contribution in [-0.4, -0.2) is 69.0 Å². The molecule has 2 amide bonds. The molecule has 1 aromatic carbocycles. The Labute approximate surface area is 159 Å². The van der Waals surface area contributed by atoms with Crippen molar-refractivity contribution < 1.29 is 22.7 Å². The van der Waals surface area contributed by atoms with Gasteiger partial charge in [0.2, 0.25) is 15.9 Å². The summed E-state index contributed by atoms with van der Waals surface area (Å²) < 4.78 is 31.8. The van der Waals surface area contributed by atoms with E-state index < -0.39 is 28.1 Å². The molecule has 1 fully saturated rings. The van der Waals surface area contributed by atoms with Gasteiger partial charge < -0.3 is 4.74 Å². The Hall–Kier alpha value is -1.97. The van der Waals surface area contributed by atoms with Crippen molar-refractivity contribution in [2.24, 2.45) is 0 Å². The van der Waals surface area contributed by atoms with Gasteiger partial charge in [0.05, 0.1) is 18.0 Å². The predicted octanol–water partition coefficient (Wildman–Crippen LogP) is 0.753. The molecular formula is C18H25N3O5S. The Morgan fingerprint density at radius 2 is 1.78 bits per heavy atom. The molecule has 1 atom stereocenters. The summed E-state index contributed by atoms with van der Waals surface area (Å²) in [5.74, 6) is -0.461. The number of fused-ring (bicyclic) bond motifs is 1. The van der Waals surface area contributed by atoms with Crippen molar-refractivity contribution in [3.8, 4) is 0 Å². The first-order valence-electron chi connectivity index (χ1n) is 9.07. The molecule has 1 heterocycles. The lowest BCUT2D eigenvalue weighted by atomic mass is 10.1. The van der Waals surface area contributed by atoms with Gasteiger partial charge in [-0.25, -0.2) is 13.2 Å². The summed E-state index contributed by atoms with van der Waals surface area (Å²) >= 11 is 0. The number of nitrogens with zero attached hydrogens (tertiary/aromatic N) is 2. The molecule has 2 aliphatic rings. The van der Waals surface area contributed by atoms with Gasteiger partial charge in [-0.05, 0) is 49.4 Å². The molecular weight excluding hydrogens is 370 g/mol. The number of imide groups is 1. The minimum absolute atomic E-state index is 0.301. The van der Waals surface area contributed by atoms with Crippen molar-refractivity contribution in [2.75, 3.05) is 33.3 Å². The molecule has 0 saturated carbocycles. The highest BCUT2D eigenvalue weighted by atomic mass is 32.2. The van der Waals surface area contributed by atoms with Crippen LogP contribution in [0.2, 0.25) is 0 Å². The summed E-state index contributed by atoms with van der Waals surface area (Å²) in [6.45, 7) is 3.12. The maximum Gasteiger partial charge on any atom is 0.413 e. The van der Waals surface area contributed by atoms with Crippen molar-refractivity contribution >= 4 is 22.0 Å². The highest BCUT2D eigenvalue weighted by Gasteiger charge is 2.32. The van der Waals surface area contributed by atoms with Crippen LogP contribution >= 0.6 is 0 Å². The molecule has 1 aliphatic heterocycles. The van der Waals surface area contributed by atoms with Gasteiger partial charge in [0.25, 0.3) is 0 Å². The number of aryl methyl sites for hydroxylation is 2. The Bertz CT molecular complexity index is 831. The van der Waals surface area contributed by atoms with Crippen LogP contribution in [0.3, 0.4) is 0 Å². The van der Waals surface area contributed by atoms with Crippen molar-refractivity contribution in [2.45, 2.75) is 37.1 Å². The molecule has 1 saturated heterocycles. The lowest BCUT2D eigenvalue weighted by Crippen LogP contribution is -2.55. The van der Waals surface area contributed by atoms with Crippen LogP contribution < -0.4 is 5.32 Å². The van der Waals surface area contributed by atoms with E-state index in [-0.39, 0.29) is 0 Å². The first-order valence-corrected chi connectivity index (χ1v) is 10.5. The van der Waals surface area contributed by atoms with Crippen molar-refractivity contribution in [3.05, 3.63) is 29.3 Å². The minimum Gasteiger partial charge on any atom is -0.453 e. The average Bonchev–Trinajstić information content (AvgIpc) is 3.15. The highest BCUT2D eigenvalue weighted by molar-refractivity contribution is 7.89. The number of methoxy groups -OCH3 is 1. The number of nitrogens with one attached hydrogen (secondary N) is 1. The van der Waals surface area contributed by atoms with Crippen LogP contribution in [0.4, 0.5) is 4.79 Å². The van der Waals surface area contributed by atoms with Crippen LogP contribution in [0, 0.1) is 0 Å². The Morgan fingerprint density at radius 3 is 2.44 bits per heavy atom. The van der Waals surface area contributed by atoms with Crippen LogP contribution in [0.5, 0.6) is 0 Å². The molecule has 0 aromatic heterocycles. The number of hydrogen-bond donors (Lipinski definition) is 1. The summed E-state index contributed by atoms with van der Waals surface area (Å²) in [5.41, 5.74) is 2.37. The maximum absolute atomic E-state index is 12.9. The van der Waals surface area contributed by atoms with Gasteiger partial charge in [0, 0.05) is 26.2 Å². The zero-order chi connectivity index (χ0) is 19.6. The van der Waals surface area contributed by atoms with Gasteiger partial charge >= 0.3 is 6.09 Å². The molecule has 0 spiro atoms. The number of alkyl carbamates (subject to hydrolysis) is 1. The number of carbonyl (C=O) groups is 2. The smallest absolute Gasteiger partial charge is 0.413 e. The molecule has 0 bridgehead atoms. The van der Waals surface area contributed by atoms with E-state index in [1.807, 2.05) is 11.0 Å². The standard InChI is InChI=1S/C18H25N3O5S/c1-13(17(22)19-18(23)26-2)20-8-10-21(11-9-20)27(24,25)16-7-6-14-4-3-5-15(14)12-16/h6-7,12-13H,3-5,8-11H2,1-2H3,(H,19,22,23)/t13-/m1/s1. The van der Waals surface area contributed by atoms with E-state index in [9.17, 15) is 18.0 Å². The molecule has 1 aliphatic carbocycles. The number of rotatable bonds is 4. The van der Waals surface area contributed by atoms with E-state index in [0.717, 1.165) is 24.8 Å². The largest absolute Gasteiger partial charge is 0.453 e. The van der Waals surface area contributed by atoms with E-state index in [2.05, 4.69) is 10.1 Å². The van der Waals surface area contributed by atoms with Crippen LogP contribution in [0.1, 0.15) is 24.5 Å². The number of benzene rings is 1. The normalized spacial score (nSPS) is 19.3. The van der Waals surface area contributed by atoms with Gasteiger partial charge in [-0.2, -0.15) is 4.31 Å². The van der Waals surface area contributed by atoms with Gasteiger partial charge in [-0.1, -0.05) is 6.07 Å².